The van der Waals surface area contributed by atoms with Gasteiger partial charge in [0.05, 0.1) is 19.1 Å². The lowest BCUT2D eigenvalue weighted by molar-refractivity contribution is -0.134. The van der Waals surface area contributed by atoms with Crippen LogP contribution < -0.4 is 5.32 Å². The van der Waals surface area contributed by atoms with Gasteiger partial charge in [-0.25, -0.2) is 0 Å². The van der Waals surface area contributed by atoms with E-state index in [-0.39, 0.29) is 11.8 Å². The van der Waals surface area contributed by atoms with Crippen LogP contribution in [0.25, 0.3) is 0 Å². The van der Waals surface area contributed by atoms with Gasteiger partial charge in [0.2, 0.25) is 5.91 Å². The third-order valence-corrected chi connectivity index (χ3v) is 3.83. The Balaban J connectivity index is 2.12. The van der Waals surface area contributed by atoms with Crippen molar-refractivity contribution < 1.29 is 14.3 Å². The largest absolute Gasteiger partial charge is 0.385 e. The maximum atomic E-state index is 12.9. The van der Waals surface area contributed by atoms with E-state index in [0.29, 0.717) is 26.3 Å². The molecule has 5 nitrogen and oxygen atoms in total. The number of benzene rings is 1. The minimum atomic E-state index is -0.0730. The number of nitrogens with one attached hydrogen (secondary N) is 1. The number of carbonyl (C=O) groups excluding carboxylic acids is 1. The number of carbonyl (C=O) groups is 1. The molecule has 1 aromatic carbocycles. The Morgan fingerprint density at radius 3 is 2.57 bits per heavy atom. The number of para-hydroxylation sites is 1. The molecule has 1 aliphatic rings. The lowest BCUT2D eigenvalue weighted by atomic mass is 9.90. The molecule has 1 N–H and O–H groups in total. The first-order chi connectivity index (χ1) is 10.3. The number of nitrogens with zero attached hydrogens (tertiary/aromatic N) is 1. The molecule has 2 rings (SSSR count). The van der Waals surface area contributed by atoms with Gasteiger partial charge >= 0.3 is 0 Å². The van der Waals surface area contributed by atoms with Gasteiger partial charge in [-0.2, -0.15) is 0 Å². The van der Waals surface area contributed by atoms with Gasteiger partial charge in [-0.3, -0.25) is 4.79 Å². The van der Waals surface area contributed by atoms with Crippen LogP contribution in [-0.4, -0.2) is 57.9 Å². The lowest BCUT2D eigenvalue weighted by Gasteiger charge is -2.31. The summed E-state index contributed by atoms with van der Waals surface area (Å²) in [5, 5.41) is 3.35. The van der Waals surface area contributed by atoms with Crippen molar-refractivity contribution in [1.29, 1.82) is 0 Å². The van der Waals surface area contributed by atoms with Crippen LogP contribution in [0.1, 0.15) is 17.9 Å². The fourth-order valence-electron chi connectivity index (χ4n) is 2.68. The molecule has 0 aromatic heterocycles. The summed E-state index contributed by atoms with van der Waals surface area (Å²) in [7, 11) is 3.30. The highest BCUT2D eigenvalue weighted by molar-refractivity contribution is 5.86. The zero-order chi connectivity index (χ0) is 15.1. The number of rotatable bonds is 7. The quantitative estimate of drug-likeness (QED) is 0.831. The third kappa shape index (κ3) is 3.95. The van der Waals surface area contributed by atoms with E-state index < -0.39 is 0 Å². The molecule has 116 valence electrons. The Labute approximate surface area is 126 Å². The van der Waals surface area contributed by atoms with Gasteiger partial charge in [0, 0.05) is 39.5 Å². The average Bonchev–Trinajstić information content (AvgIpc) is 2.54. The molecule has 1 atom stereocenters. The van der Waals surface area contributed by atoms with Gasteiger partial charge in [0.1, 0.15) is 0 Å². The van der Waals surface area contributed by atoms with Crippen molar-refractivity contribution in [3.63, 3.8) is 0 Å². The second-order valence-corrected chi connectivity index (χ2v) is 5.17. The molecule has 0 fully saturated rings. The summed E-state index contributed by atoms with van der Waals surface area (Å²) in [5.41, 5.74) is 2.16. The molecule has 1 aliphatic heterocycles. The summed E-state index contributed by atoms with van der Waals surface area (Å²) < 4.78 is 10.2. The van der Waals surface area contributed by atoms with Gasteiger partial charge in [-0.05, 0) is 18.1 Å². The number of ether oxygens (including phenoxy) is 2. The summed E-state index contributed by atoms with van der Waals surface area (Å²) in [6.45, 7) is 3.12. The van der Waals surface area contributed by atoms with Gasteiger partial charge in [0.15, 0.2) is 0 Å². The first-order valence-corrected chi connectivity index (χ1v) is 7.37. The molecule has 1 amide bonds. The van der Waals surface area contributed by atoms with E-state index in [1.807, 2.05) is 29.2 Å². The molecule has 0 radical (unpaired) electrons. The van der Waals surface area contributed by atoms with E-state index in [9.17, 15) is 4.79 Å². The van der Waals surface area contributed by atoms with Crippen molar-refractivity contribution in [1.82, 2.24) is 4.90 Å². The van der Waals surface area contributed by atoms with Crippen LogP contribution in [0.2, 0.25) is 0 Å². The number of hydrogen-bond donors (Lipinski definition) is 1. The first kappa shape index (κ1) is 15.8. The van der Waals surface area contributed by atoms with E-state index in [1.165, 1.54) is 0 Å². The number of anilines is 1. The topological polar surface area (TPSA) is 50.8 Å². The Bertz CT molecular complexity index is 457. The number of amides is 1. The fraction of sp³-hybridized carbons (Fsp3) is 0.562. The molecule has 0 saturated carbocycles. The van der Waals surface area contributed by atoms with Crippen LogP contribution in [-0.2, 0) is 14.3 Å². The van der Waals surface area contributed by atoms with Crippen LogP contribution >= 0.6 is 0 Å². The first-order valence-electron chi connectivity index (χ1n) is 7.37. The van der Waals surface area contributed by atoms with Crippen LogP contribution in [0.15, 0.2) is 24.3 Å². The molecule has 0 saturated heterocycles. The molecule has 1 aromatic rings. The predicted molar refractivity (Wildman–Crippen MR) is 82.6 cm³/mol. The molecule has 5 heteroatoms. The summed E-state index contributed by atoms with van der Waals surface area (Å²) in [6, 6.07) is 8.05. The predicted octanol–water partition coefficient (Wildman–Crippen LogP) is 1.71. The normalized spacial score (nSPS) is 17.0. The minimum absolute atomic E-state index is 0.0730. The van der Waals surface area contributed by atoms with Crippen molar-refractivity contribution in [3.8, 4) is 0 Å². The van der Waals surface area contributed by atoms with Gasteiger partial charge < -0.3 is 19.7 Å². The Morgan fingerprint density at radius 2 is 1.90 bits per heavy atom. The highest BCUT2D eigenvalue weighted by atomic mass is 16.5. The van der Waals surface area contributed by atoms with Crippen LogP contribution in [0.5, 0.6) is 0 Å². The summed E-state index contributed by atoms with van der Waals surface area (Å²) >= 11 is 0. The Hall–Kier alpha value is -1.59. The van der Waals surface area contributed by atoms with E-state index >= 15 is 0 Å². The molecule has 21 heavy (non-hydrogen) atoms. The Morgan fingerprint density at radius 1 is 1.24 bits per heavy atom. The zero-order valence-corrected chi connectivity index (χ0v) is 12.8. The molecule has 0 bridgehead atoms. The molecule has 0 aliphatic carbocycles. The highest BCUT2D eigenvalue weighted by Gasteiger charge is 2.29. The van der Waals surface area contributed by atoms with Crippen LogP contribution in [0.3, 0.4) is 0 Å². The highest BCUT2D eigenvalue weighted by Crippen LogP contribution is 2.32. The number of hydrogen-bond acceptors (Lipinski definition) is 4. The van der Waals surface area contributed by atoms with Crippen LogP contribution in [0, 0.1) is 0 Å². The average molecular weight is 292 g/mol. The second kappa shape index (κ2) is 8.00. The van der Waals surface area contributed by atoms with Gasteiger partial charge in [-0.15, -0.1) is 0 Å². The maximum absolute atomic E-state index is 12.9. The second-order valence-electron chi connectivity index (χ2n) is 5.17. The monoisotopic (exact) mass is 292 g/mol. The molecule has 1 unspecified atom stereocenters. The lowest BCUT2D eigenvalue weighted by Crippen LogP contribution is -2.41. The molecular formula is C16H24N2O3. The fourth-order valence-corrected chi connectivity index (χ4v) is 2.68. The van der Waals surface area contributed by atoms with Gasteiger partial charge in [-0.1, -0.05) is 18.2 Å². The van der Waals surface area contributed by atoms with E-state index in [1.54, 1.807) is 14.2 Å². The third-order valence-electron chi connectivity index (χ3n) is 3.83. The maximum Gasteiger partial charge on any atom is 0.230 e. The molecule has 1 heterocycles. The van der Waals surface area contributed by atoms with Crippen LogP contribution in [0.4, 0.5) is 5.69 Å². The zero-order valence-electron chi connectivity index (χ0n) is 12.8. The summed E-state index contributed by atoms with van der Waals surface area (Å²) in [4.78, 5) is 14.7. The van der Waals surface area contributed by atoms with E-state index in [2.05, 4.69) is 5.32 Å². The minimum Gasteiger partial charge on any atom is -0.385 e. The van der Waals surface area contributed by atoms with E-state index in [4.69, 9.17) is 9.47 Å². The number of fused-ring (bicyclic) bond motifs is 1. The summed E-state index contributed by atoms with van der Waals surface area (Å²) in [6.07, 6.45) is 0.826. The summed E-state index contributed by atoms with van der Waals surface area (Å²) in [5.74, 6) is 0.0919. The van der Waals surface area contributed by atoms with Crippen molar-refractivity contribution >= 4 is 11.6 Å². The van der Waals surface area contributed by atoms with E-state index in [0.717, 1.165) is 24.2 Å². The smallest absolute Gasteiger partial charge is 0.230 e. The van der Waals surface area contributed by atoms with Crippen molar-refractivity contribution in [3.05, 3.63) is 29.8 Å². The van der Waals surface area contributed by atoms with Crippen molar-refractivity contribution in [2.75, 3.05) is 52.4 Å². The van der Waals surface area contributed by atoms with Gasteiger partial charge in [0.25, 0.3) is 0 Å². The van der Waals surface area contributed by atoms with Crippen molar-refractivity contribution in [2.45, 2.75) is 12.3 Å². The SMILES string of the molecule is COCCN(CCOC)C(=O)C1CCNc2ccccc21. The van der Waals surface area contributed by atoms with Crippen molar-refractivity contribution in [2.24, 2.45) is 0 Å². The molecular weight excluding hydrogens is 268 g/mol. The standard InChI is InChI=1S/C16H24N2O3/c1-20-11-9-18(10-12-21-2)16(19)14-7-8-17-15-6-4-3-5-13(14)15/h3-6,14,17H,7-12H2,1-2H3. The molecule has 0 spiro atoms. The Kier molecular flexibility index (Phi) is 6.02. The number of methoxy groups -OCH3 is 2.